The number of pyridine rings is 1. The monoisotopic (exact) mass is 441 g/mol. The van der Waals surface area contributed by atoms with Crippen LogP contribution in [0.2, 0.25) is 0 Å². The van der Waals surface area contributed by atoms with Crippen LogP contribution in [0.5, 0.6) is 0 Å². The van der Waals surface area contributed by atoms with Gasteiger partial charge in [0.25, 0.3) is 5.91 Å². The molecule has 4 rings (SSSR count). The van der Waals surface area contributed by atoms with E-state index in [0.717, 1.165) is 33.3 Å². The molecular weight excluding hydrogens is 414 g/mol. The molecule has 4 aromatic rings. The van der Waals surface area contributed by atoms with Crippen molar-refractivity contribution in [1.82, 2.24) is 20.3 Å². The Morgan fingerprint density at radius 2 is 1.85 bits per heavy atom. The second-order valence-electron chi connectivity index (χ2n) is 8.05. The molecular formula is C26H27N5O2. The maximum Gasteiger partial charge on any atom is 0.251 e. The number of hydrogen-bond donors (Lipinski definition) is 3. The second kappa shape index (κ2) is 9.75. The van der Waals surface area contributed by atoms with Crippen LogP contribution in [0.1, 0.15) is 47.4 Å². The lowest BCUT2D eigenvalue weighted by molar-refractivity contribution is 0.0964. The van der Waals surface area contributed by atoms with Gasteiger partial charge in [0.15, 0.2) is 0 Å². The fourth-order valence-corrected chi connectivity index (χ4v) is 3.87. The molecule has 0 aliphatic heterocycles. The maximum absolute atomic E-state index is 12.2. The summed E-state index contributed by atoms with van der Waals surface area (Å²) in [6.07, 6.45) is 2.67. The van der Waals surface area contributed by atoms with E-state index in [9.17, 15) is 9.90 Å². The zero-order valence-electron chi connectivity index (χ0n) is 18.9. The molecule has 0 aliphatic rings. The van der Waals surface area contributed by atoms with Gasteiger partial charge >= 0.3 is 0 Å². The molecule has 0 bridgehead atoms. The number of benzene rings is 2. The first kappa shape index (κ1) is 22.4. The number of anilines is 1. The topological polar surface area (TPSA) is 100 Å². The molecule has 7 nitrogen and oxygen atoms in total. The van der Waals surface area contributed by atoms with Crippen molar-refractivity contribution in [3.63, 3.8) is 0 Å². The van der Waals surface area contributed by atoms with Crippen molar-refractivity contribution in [3.05, 3.63) is 83.8 Å². The minimum Gasteiger partial charge on any atom is -0.389 e. The van der Waals surface area contributed by atoms with E-state index in [1.165, 1.54) is 6.33 Å². The summed E-state index contributed by atoms with van der Waals surface area (Å²) in [6, 6.07) is 17.3. The minimum atomic E-state index is -0.538. The average Bonchev–Trinajstić information content (AvgIpc) is 2.86. The van der Waals surface area contributed by atoms with Crippen LogP contribution in [-0.2, 0) is 0 Å². The summed E-state index contributed by atoms with van der Waals surface area (Å²) in [6.45, 7) is 4.49. The van der Waals surface area contributed by atoms with Gasteiger partial charge in [-0.2, -0.15) is 0 Å². The molecule has 7 heteroatoms. The molecule has 0 aliphatic carbocycles. The molecule has 0 saturated heterocycles. The third-order valence-electron chi connectivity index (χ3n) is 5.73. The smallest absolute Gasteiger partial charge is 0.251 e. The van der Waals surface area contributed by atoms with Crippen molar-refractivity contribution in [2.45, 2.75) is 25.9 Å². The third-order valence-corrected chi connectivity index (χ3v) is 5.73. The predicted octanol–water partition coefficient (Wildman–Crippen LogP) is 4.32. The Hall–Kier alpha value is -3.84. The number of amides is 1. The van der Waals surface area contributed by atoms with Crippen LogP contribution in [0.15, 0.2) is 67.1 Å². The van der Waals surface area contributed by atoms with Gasteiger partial charge in [0.1, 0.15) is 12.1 Å². The summed E-state index contributed by atoms with van der Waals surface area (Å²) >= 11 is 0. The normalized spacial score (nSPS) is 12.8. The van der Waals surface area contributed by atoms with Gasteiger partial charge in [0.2, 0.25) is 0 Å². The fourth-order valence-electron chi connectivity index (χ4n) is 3.87. The van der Waals surface area contributed by atoms with E-state index in [1.54, 1.807) is 26.2 Å². The molecule has 2 heterocycles. The van der Waals surface area contributed by atoms with Gasteiger partial charge in [0, 0.05) is 42.7 Å². The highest BCUT2D eigenvalue weighted by atomic mass is 16.3. The van der Waals surface area contributed by atoms with E-state index in [1.807, 2.05) is 48.5 Å². The lowest BCUT2D eigenvalue weighted by atomic mass is 9.96. The van der Waals surface area contributed by atoms with E-state index in [4.69, 9.17) is 0 Å². The van der Waals surface area contributed by atoms with E-state index >= 15 is 0 Å². The minimum absolute atomic E-state index is 0.123. The Kier molecular flexibility index (Phi) is 6.60. The Balaban J connectivity index is 1.55. The summed E-state index contributed by atoms with van der Waals surface area (Å²) in [7, 11) is 1.63. The van der Waals surface area contributed by atoms with E-state index in [2.05, 4.69) is 32.5 Å². The number of aliphatic hydroxyl groups is 1. The van der Waals surface area contributed by atoms with Gasteiger partial charge < -0.3 is 15.7 Å². The highest BCUT2D eigenvalue weighted by Gasteiger charge is 2.15. The largest absolute Gasteiger partial charge is 0.389 e. The molecule has 2 aromatic carbocycles. The molecule has 0 saturated carbocycles. The molecule has 0 radical (unpaired) electrons. The number of hydrogen-bond acceptors (Lipinski definition) is 6. The van der Waals surface area contributed by atoms with Crippen molar-refractivity contribution in [2.75, 3.05) is 18.9 Å². The Morgan fingerprint density at radius 3 is 2.64 bits per heavy atom. The first-order chi connectivity index (χ1) is 16.0. The molecule has 1 amide bonds. The first-order valence-corrected chi connectivity index (χ1v) is 10.9. The first-order valence-electron chi connectivity index (χ1n) is 10.9. The van der Waals surface area contributed by atoms with Crippen LogP contribution in [0.25, 0.3) is 22.2 Å². The van der Waals surface area contributed by atoms with Crippen LogP contribution in [0.4, 0.5) is 5.82 Å². The average molecular weight is 442 g/mol. The molecule has 0 spiro atoms. The predicted molar refractivity (Wildman–Crippen MR) is 130 cm³/mol. The van der Waals surface area contributed by atoms with Crippen LogP contribution in [0, 0.1) is 0 Å². The Morgan fingerprint density at radius 1 is 1.03 bits per heavy atom. The van der Waals surface area contributed by atoms with Gasteiger partial charge in [-0.05, 0) is 30.2 Å². The Labute approximate surface area is 192 Å². The SMILES string of the molecule is CNC(=O)c1ccnc2c([C@H](C)CNc3cc(-c4cccc(C(C)O)c4)ncn3)cccc12. The number of nitrogens with zero attached hydrogens (tertiary/aromatic N) is 3. The van der Waals surface area contributed by atoms with E-state index in [-0.39, 0.29) is 11.8 Å². The number of para-hydroxylation sites is 1. The van der Waals surface area contributed by atoms with Gasteiger partial charge in [-0.3, -0.25) is 9.78 Å². The number of rotatable bonds is 7. The van der Waals surface area contributed by atoms with Gasteiger partial charge in [-0.1, -0.05) is 43.3 Å². The zero-order chi connectivity index (χ0) is 23.4. The van der Waals surface area contributed by atoms with Crippen LogP contribution in [0.3, 0.4) is 0 Å². The van der Waals surface area contributed by atoms with Crippen LogP contribution < -0.4 is 10.6 Å². The lowest BCUT2D eigenvalue weighted by Gasteiger charge is -2.16. The molecule has 2 atom stereocenters. The van der Waals surface area contributed by atoms with Gasteiger partial charge in [-0.25, -0.2) is 9.97 Å². The summed E-state index contributed by atoms with van der Waals surface area (Å²) in [5.41, 5.74) is 5.05. The summed E-state index contributed by atoms with van der Waals surface area (Å²) in [4.78, 5) is 25.6. The maximum atomic E-state index is 12.2. The number of aromatic nitrogens is 3. The van der Waals surface area contributed by atoms with Gasteiger partial charge in [0.05, 0.1) is 22.9 Å². The number of carbonyl (C=O) groups is 1. The zero-order valence-corrected chi connectivity index (χ0v) is 18.9. The highest BCUT2D eigenvalue weighted by Crippen LogP contribution is 2.27. The molecule has 0 fully saturated rings. The van der Waals surface area contributed by atoms with E-state index in [0.29, 0.717) is 17.9 Å². The number of nitrogens with one attached hydrogen (secondary N) is 2. The van der Waals surface area contributed by atoms with Crippen molar-refractivity contribution in [3.8, 4) is 11.3 Å². The van der Waals surface area contributed by atoms with Crippen molar-refractivity contribution in [1.29, 1.82) is 0 Å². The van der Waals surface area contributed by atoms with Crippen molar-refractivity contribution >= 4 is 22.6 Å². The lowest BCUT2D eigenvalue weighted by Crippen LogP contribution is -2.18. The van der Waals surface area contributed by atoms with Crippen LogP contribution in [-0.4, -0.2) is 39.6 Å². The fraction of sp³-hybridized carbons (Fsp3) is 0.231. The molecule has 2 aromatic heterocycles. The highest BCUT2D eigenvalue weighted by molar-refractivity contribution is 6.06. The number of aliphatic hydroxyl groups excluding tert-OH is 1. The summed E-state index contributed by atoms with van der Waals surface area (Å²) in [5.74, 6) is 0.713. The number of carbonyl (C=O) groups excluding carboxylic acids is 1. The summed E-state index contributed by atoms with van der Waals surface area (Å²) in [5, 5.41) is 16.8. The Bertz CT molecular complexity index is 1290. The van der Waals surface area contributed by atoms with E-state index < -0.39 is 6.10 Å². The number of fused-ring (bicyclic) bond motifs is 1. The van der Waals surface area contributed by atoms with Crippen molar-refractivity contribution < 1.29 is 9.90 Å². The van der Waals surface area contributed by atoms with Gasteiger partial charge in [-0.15, -0.1) is 0 Å². The van der Waals surface area contributed by atoms with Crippen LogP contribution >= 0.6 is 0 Å². The summed E-state index contributed by atoms with van der Waals surface area (Å²) < 4.78 is 0. The molecule has 1 unspecified atom stereocenters. The molecule has 33 heavy (non-hydrogen) atoms. The molecule has 168 valence electrons. The quantitative estimate of drug-likeness (QED) is 0.395. The third kappa shape index (κ3) is 4.83. The van der Waals surface area contributed by atoms with Crippen molar-refractivity contribution in [2.24, 2.45) is 0 Å². The molecule has 3 N–H and O–H groups in total. The second-order valence-corrected chi connectivity index (χ2v) is 8.05. The standard InChI is InChI=1S/C26H27N5O2/c1-16(20-8-5-9-21-22(26(33)27-3)10-11-28-25(20)21)14-29-24-13-23(30-15-31-24)19-7-4-6-18(12-19)17(2)32/h4-13,15-17,32H,14H2,1-3H3,(H,27,33)(H,29,30,31)/t16-,17?/m1/s1.